The van der Waals surface area contributed by atoms with Crippen LogP contribution in [0.4, 0.5) is 17.1 Å². The molecule has 0 aliphatic heterocycles. The van der Waals surface area contributed by atoms with Crippen LogP contribution in [0.2, 0.25) is 0 Å². The minimum atomic E-state index is 0.498. The first-order chi connectivity index (χ1) is 13.9. The molecule has 0 saturated carbocycles. The first-order valence-corrected chi connectivity index (χ1v) is 10.2. The van der Waals surface area contributed by atoms with E-state index < -0.39 is 0 Å². The molecule has 0 amide bonds. The van der Waals surface area contributed by atoms with Crippen molar-refractivity contribution in [3.8, 4) is 11.5 Å². The van der Waals surface area contributed by atoms with Gasteiger partial charge >= 0.3 is 0 Å². The third-order valence-electron chi connectivity index (χ3n) is 5.26. The van der Waals surface area contributed by atoms with Crippen LogP contribution >= 0.6 is 0 Å². The Morgan fingerprint density at radius 2 is 1.10 bits per heavy atom. The molecule has 0 heterocycles. The van der Waals surface area contributed by atoms with E-state index in [0.29, 0.717) is 11.8 Å². The summed E-state index contributed by atoms with van der Waals surface area (Å²) in [5.74, 6) is 2.54. The summed E-state index contributed by atoms with van der Waals surface area (Å²) < 4.78 is 11.1. The number of hydrogen-bond donors (Lipinski definition) is 0. The summed E-state index contributed by atoms with van der Waals surface area (Å²) in [5, 5.41) is 0. The molecule has 3 nitrogen and oxygen atoms in total. The molecule has 0 aliphatic rings. The smallest absolute Gasteiger partial charge is 0.146 e. The van der Waals surface area contributed by atoms with Crippen molar-refractivity contribution in [3.05, 3.63) is 77.9 Å². The summed E-state index contributed by atoms with van der Waals surface area (Å²) in [4.78, 5) is 2.23. The molecule has 0 radical (unpaired) electrons. The predicted molar refractivity (Wildman–Crippen MR) is 122 cm³/mol. The second kappa shape index (κ2) is 9.04. The summed E-state index contributed by atoms with van der Waals surface area (Å²) in [6.45, 7) is 8.85. The van der Waals surface area contributed by atoms with Crippen molar-refractivity contribution in [1.29, 1.82) is 0 Å². The van der Waals surface area contributed by atoms with Crippen LogP contribution in [0.5, 0.6) is 11.5 Å². The van der Waals surface area contributed by atoms with Crippen LogP contribution in [0.1, 0.15) is 50.7 Å². The first-order valence-electron chi connectivity index (χ1n) is 10.2. The fraction of sp³-hybridized carbons (Fsp3) is 0.308. The molecule has 0 fully saturated rings. The van der Waals surface area contributed by atoms with Gasteiger partial charge in [-0.15, -0.1) is 0 Å². The molecule has 3 aromatic carbocycles. The quantitative estimate of drug-likeness (QED) is 0.419. The van der Waals surface area contributed by atoms with Gasteiger partial charge in [-0.25, -0.2) is 0 Å². The lowest BCUT2D eigenvalue weighted by atomic mass is 10.0. The minimum absolute atomic E-state index is 0.498. The van der Waals surface area contributed by atoms with Gasteiger partial charge in [0.2, 0.25) is 0 Å². The second-order valence-electron chi connectivity index (χ2n) is 7.87. The molecule has 0 spiro atoms. The van der Waals surface area contributed by atoms with E-state index in [0.717, 1.165) is 28.6 Å². The Bertz CT molecular complexity index is 876. The Morgan fingerprint density at radius 3 is 1.48 bits per heavy atom. The molecule has 0 atom stereocenters. The standard InChI is InChI=1S/C26H31NO2/c1-18(2)20-7-11-22(12-8-20)27(23-13-9-21(10-14-23)19(3)4)25-16-15-24(28-5)17-26(25)29-6/h7-19H,1-6H3. The van der Waals surface area contributed by atoms with Gasteiger partial charge in [-0.3, -0.25) is 0 Å². The van der Waals surface area contributed by atoms with E-state index >= 15 is 0 Å². The Kier molecular flexibility index (Phi) is 6.48. The average molecular weight is 390 g/mol. The van der Waals surface area contributed by atoms with Gasteiger partial charge in [-0.2, -0.15) is 0 Å². The number of hydrogen-bond acceptors (Lipinski definition) is 3. The van der Waals surface area contributed by atoms with Crippen molar-refractivity contribution in [2.24, 2.45) is 0 Å². The van der Waals surface area contributed by atoms with Gasteiger partial charge in [0.15, 0.2) is 0 Å². The van der Waals surface area contributed by atoms with E-state index in [1.165, 1.54) is 11.1 Å². The number of rotatable bonds is 7. The largest absolute Gasteiger partial charge is 0.497 e. The third-order valence-corrected chi connectivity index (χ3v) is 5.26. The molecule has 0 bridgehead atoms. The predicted octanol–water partition coefficient (Wildman–Crippen LogP) is 7.42. The Labute approximate surface area is 174 Å². The Hall–Kier alpha value is -2.94. The van der Waals surface area contributed by atoms with E-state index in [4.69, 9.17) is 9.47 Å². The molecule has 29 heavy (non-hydrogen) atoms. The molecular weight excluding hydrogens is 358 g/mol. The summed E-state index contributed by atoms with van der Waals surface area (Å²) in [5.41, 5.74) is 5.81. The number of nitrogens with zero attached hydrogens (tertiary/aromatic N) is 1. The van der Waals surface area contributed by atoms with Crippen molar-refractivity contribution in [2.75, 3.05) is 19.1 Å². The SMILES string of the molecule is COc1ccc(N(c2ccc(C(C)C)cc2)c2ccc(C(C)C)cc2)c(OC)c1. The van der Waals surface area contributed by atoms with Gasteiger partial charge in [0, 0.05) is 17.4 Å². The lowest BCUT2D eigenvalue weighted by Crippen LogP contribution is -2.11. The van der Waals surface area contributed by atoms with Gasteiger partial charge in [0.1, 0.15) is 11.5 Å². The van der Waals surface area contributed by atoms with E-state index in [-0.39, 0.29) is 0 Å². The maximum atomic E-state index is 5.71. The van der Waals surface area contributed by atoms with Gasteiger partial charge < -0.3 is 14.4 Å². The molecular formula is C26H31NO2. The zero-order chi connectivity index (χ0) is 21.0. The third kappa shape index (κ3) is 4.56. The molecule has 0 unspecified atom stereocenters. The maximum absolute atomic E-state index is 5.71. The van der Waals surface area contributed by atoms with Crippen molar-refractivity contribution >= 4 is 17.1 Å². The van der Waals surface area contributed by atoms with Crippen LogP contribution in [-0.4, -0.2) is 14.2 Å². The molecule has 0 aliphatic carbocycles. The van der Waals surface area contributed by atoms with Crippen molar-refractivity contribution in [1.82, 2.24) is 0 Å². The number of methoxy groups -OCH3 is 2. The fourth-order valence-corrected chi connectivity index (χ4v) is 3.41. The topological polar surface area (TPSA) is 21.7 Å². The normalized spacial score (nSPS) is 11.0. The van der Waals surface area contributed by atoms with Crippen molar-refractivity contribution in [2.45, 2.75) is 39.5 Å². The van der Waals surface area contributed by atoms with E-state index in [1.807, 2.05) is 18.2 Å². The molecule has 3 aromatic rings. The first kappa shape index (κ1) is 20.8. The number of ether oxygens (including phenoxy) is 2. The minimum Gasteiger partial charge on any atom is -0.497 e. The average Bonchev–Trinajstić information content (AvgIpc) is 2.74. The highest BCUT2D eigenvalue weighted by Crippen LogP contribution is 2.42. The molecule has 0 N–H and O–H groups in total. The van der Waals surface area contributed by atoms with Crippen LogP contribution in [0.3, 0.4) is 0 Å². The number of anilines is 3. The highest BCUT2D eigenvalue weighted by atomic mass is 16.5. The summed E-state index contributed by atoms with van der Waals surface area (Å²) >= 11 is 0. The summed E-state index contributed by atoms with van der Waals surface area (Å²) in [7, 11) is 3.36. The van der Waals surface area contributed by atoms with Crippen molar-refractivity contribution < 1.29 is 9.47 Å². The second-order valence-corrected chi connectivity index (χ2v) is 7.87. The van der Waals surface area contributed by atoms with E-state index in [9.17, 15) is 0 Å². The highest BCUT2D eigenvalue weighted by molar-refractivity contribution is 5.80. The van der Waals surface area contributed by atoms with E-state index in [1.54, 1.807) is 14.2 Å². The molecule has 0 aromatic heterocycles. The highest BCUT2D eigenvalue weighted by Gasteiger charge is 2.18. The van der Waals surface area contributed by atoms with Crippen LogP contribution < -0.4 is 14.4 Å². The molecule has 152 valence electrons. The van der Waals surface area contributed by atoms with Crippen molar-refractivity contribution in [3.63, 3.8) is 0 Å². The molecule has 3 rings (SSSR count). The van der Waals surface area contributed by atoms with Gasteiger partial charge in [-0.05, 0) is 59.4 Å². The van der Waals surface area contributed by atoms with Crippen LogP contribution in [-0.2, 0) is 0 Å². The van der Waals surface area contributed by atoms with Gasteiger partial charge in [-0.1, -0.05) is 52.0 Å². The van der Waals surface area contributed by atoms with E-state index in [2.05, 4.69) is 81.1 Å². The van der Waals surface area contributed by atoms with Gasteiger partial charge in [0.25, 0.3) is 0 Å². The van der Waals surface area contributed by atoms with Crippen LogP contribution in [0.15, 0.2) is 66.7 Å². The monoisotopic (exact) mass is 389 g/mol. The Morgan fingerprint density at radius 1 is 0.621 bits per heavy atom. The number of benzene rings is 3. The Balaban J connectivity index is 2.13. The molecule has 0 saturated heterocycles. The van der Waals surface area contributed by atoms with Crippen LogP contribution in [0, 0.1) is 0 Å². The fourth-order valence-electron chi connectivity index (χ4n) is 3.41. The summed E-state index contributed by atoms with van der Waals surface area (Å²) in [6.07, 6.45) is 0. The summed E-state index contributed by atoms with van der Waals surface area (Å²) in [6, 6.07) is 23.4. The zero-order valence-electron chi connectivity index (χ0n) is 18.3. The lowest BCUT2D eigenvalue weighted by Gasteiger charge is -2.28. The maximum Gasteiger partial charge on any atom is 0.146 e. The lowest BCUT2D eigenvalue weighted by molar-refractivity contribution is 0.395. The van der Waals surface area contributed by atoms with Crippen LogP contribution in [0.25, 0.3) is 0 Å². The zero-order valence-corrected chi connectivity index (χ0v) is 18.3. The molecule has 3 heteroatoms. The van der Waals surface area contributed by atoms with Gasteiger partial charge in [0.05, 0.1) is 19.9 Å².